The second kappa shape index (κ2) is 4.64. The molecule has 82 valence electrons. The zero-order valence-electron chi connectivity index (χ0n) is 9.58. The molecule has 0 saturated carbocycles. The van der Waals surface area contributed by atoms with Gasteiger partial charge in [-0.1, -0.05) is 0 Å². The van der Waals surface area contributed by atoms with Gasteiger partial charge in [0.2, 0.25) is 0 Å². The zero-order valence-corrected chi connectivity index (χ0v) is 9.58. The molecule has 0 aromatic heterocycles. The molecule has 1 rings (SSSR count). The maximum Gasteiger partial charge on any atom is 0.320 e. The Morgan fingerprint density at radius 1 is 1.29 bits per heavy atom. The Balaban J connectivity index is 2.55. The third-order valence-electron chi connectivity index (χ3n) is 2.73. The summed E-state index contributed by atoms with van der Waals surface area (Å²) in [6.07, 6.45) is 0. The van der Waals surface area contributed by atoms with Gasteiger partial charge in [-0.3, -0.25) is 0 Å². The van der Waals surface area contributed by atoms with Crippen LogP contribution in [0.3, 0.4) is 0 Å². The number of rotatable bonds is 4. The summed E-state index contributed by atoms with van der Waals surface area (Å²) in [7, 11) is 1.91. The normalized spacial score (nSPS) is 19.6. The van der Waals surface area contributed by atoms with Crippen LogP contribution >= 0.6 is 0 Å². The molecule has 1 saturated heterocycles. The van der Waals surface area contributed by atoms with E-state index in [2.05, 4.69) is 26.1 Å². The van der Waals surface area contributed by atoms with E-state index < -0.39 is 0 Å². The molecule has 1 unspecified atom stereocenters. The van der Waals surface area contributed by atoms with Crippen LogP contribution in [0.4, 0.5) is 4.79 Å². The number of nitrogens with one attached hydrogen (secondary N) is 1. The van der Waals surface area contributed by atoms with Crippen LogP contribution in [0, 0.1) is 0 Å². The smallest absolute Gasteiger partial charge is 0.320 e. The number of nitrogens with zero attached hydrogens (tertiary/aromatic N) is 2. The van der Waals surface area contributed by atoms with Crippen molar-refractivity contribution < 1.29 is 4.79 Å². The average Bonchev–Trinajstić information content (AvgIpc) is 2.47. The Kier molecular flexibility index (Phi) is 3.75. The molecule has 1 heterocycles. The number of urea groups is 1. The minimum absolute atomic E-state index is 0.183. The van der Waals surface area contributed by atoms with E-state index in [0.717, 1.165) is 19.6 Å². The van der Waals surface area contributed by atoms with Crippen LogP contribution in [-0.4, -0.2) is 54.6 Å². The van der Waals surface area contributed by atoms with E-state index in [1.54, 1.807) is 0 Å². The second-order valence-corrected chi connectivity index (χ2v) is 4.17. The van der Waals surface area contributed by atoms with Crippen molar-refractivity contribution in [2.45, 2.75) is 32.9 Å². The minimum atomic E-state index is 0.183. The van der Waals surface area contributed by atoms with E-state index in [1.807, 2.05) is 16.8 Å². The summed E-state index contributed by atoms with van der Waals surface area (Å²) in [6.45, 7) is 8.79. The Hall–Kier alpha value is -0.770. The standard InChI is InChI=1S/C10H21N3O/c1-8(2)12-5-6-13(10(12)14)9(3)7-11-4/h8-9,11H,5-7H2,1-4H3. The fraction of sp³-hybridized carbons (Fsp3) is 0.900. The molecule has 0 radical (unpaired) electrons. The van der Waals surface area contributed by atoms with Gasteiger partial charge in [0.1, 0.15) is 0 Å². The predicted octanol–water partition coefficient (Wildman–Crippen LogP) is 0.740. The van der Waals surface area contributed by atoms with Crippen LogP contribution in [0.5, 0.6) is 0 Å². The van der Waals surface area contributed by atoms with Crippen LogP contribution in [0.2, 0.25) is 0 Å². The van der Waals surface area contributed by atoms with Crippen LogP contribution in [0.15, 0.2) is 0 Å². The van der Waals surface area contributed by atoms with Crippen molar-refractivity contribution in [3.63, 3.8) is 0 Å². The lowest BCUT2D eigenvalue weighted by atomic mass is 10.3. The van der Waals surface area contributed by atoms with Crippen LogP contribution in [-0.2, 0) is 0 Å². The third kappa shape index (κ3) is 2.18. The second-order valence-electron chi connectivity index (χ2n) is 4.17. The first-order valence-corrected chi connectivity index (χ1v) is 5.29. The van der Waals surface area contributed by atoms with Gasteiger partial charge in [0, 0.05) is 31.7 Å². The molecule has 1 aliphatic rings. The van der Waals surface area contributed by atoms with Crippen molar-refractivity contribution in [3.8, 4) is 0 Å². The first kappa shape index (κ1) is 11.3. The molecule has 4 heteroatoms. The number of carbonyl (C=O) groups is 1. The van der Waals surface area contributed by atoms with E-state index >= 15 is 0 Å². The van der Waals surface area contributed by atoms with Gasteiger partial charge in [-0.15, -0.1) is 0 Å². The fourth-order valence-corrected chi connectivity index (χ4v) is 1.87. The molecule has 4 nitrogen and oxygen atoms in total. The quantitative estimate of drug-likeness (QED) is 0.725. The minimum Gasteiger partial charge on any atom is -0.320 e. The lowest BCUT2D eigenvalue weighted by Gasteiger charge is -2.26. The maximum absolute atomic E-state index is 11.9. The van der Waals surface area contributed by atoms with Crippen molar-refractivity contribution in [1.82, 2.24) is 15.1 Å². The van der Waals surface area contributed by atoms with Crippen LogP contribution < -0.4 is 5.32 Å². The monoisotopic (exact) mass is 199 g/mol. The fourth-order valence-electron chi connectivity index (χ4n) is 1.87. The highest BCUT2D eigenvalue weighted by atomic mass is 16.2. The lowest BCUT2D eigenvalue weighted by molar-refractivity contribution is 0.172. The van der Waals surface area contributed by atoms with E-state index in [1.165, 1.54) is 0 Å². The third-order valence-corrected chi connectivity index (χ3v) is 2.73. The van der Waals surface area contributed by atoms with Crippen molar-refractivity contribution in [3.05, 3.63) is 0 Å². The highest BCUT2D eigenvalue weighted by molar-refractivity contribution is 5.77. The summed E-state index contributed by atoms with van der Waals surface area (Å²) in [5.41, 5.74) is 0. The van der Waals surface area contributed by atoms with E-state index in [9.17, 15) is 4.79 Å². The highest BCUT2D eigenvalue weighted by Gasteiger charge is 2.32. The van der Waals surface area contributed by atoms with Crippen molar-refractivity contribution in [1.29, 1.82) is 0 Å². The lowest BCUT2D eigenvalue weighted by Crippen LogP contribution is -2.43. The summed E-state index contributed by atoms with van der Waals surface area (Å²) in [5.74, 6) is 0. The molecule has 0 spiro atoms. The van der Waals surface area contributed by atoms with Gasteiger partial charge in [0.25, 0.3) is 0 Å². The zero-order chi connectivity index (χ0) is 10.7. The van der Waals surface area contributed by atoms with Gasteiger partial charge in [0.15, 0.2) is 0 Å². The summed E-state index contributed by atoms with van der Waals surface area (Å²) in [5, 5.41) is 3.10. The molecule has 0 aromatic carbocycles. The molecule has 14 heavy (non-hydrogen) atoms. The van der Waals surface area contributed by atoms with Crippen LogP contribution in [0.1, 0.15) is 20.8 Å². The molecule has 2 amide bonds. The van der Waals surface area contributed by atoms with Gasteiger partial charge < -0.3 is 15.1 Å². The van der Waals surface area contributed by atoms with Gasteiger partial charge in [-0.2, -0.15) is 0 Å². The van der Waals surface area contributed by atoms with Crippen molar-refractivity contribution in [2.24, 2.45) is 0 Å². The van der Waals surface area contributed by atoms with E-state index in [4.69, 9.17) is 0 Å². The molecule has 1 aliphatic heterocycles. The predicted molar refractivity (Wildman–Crippen MR) is 57.3 cm³/mol. The highest BCUT2D eigenvalue weighted by Crippen LogP contribution is 2.14. The summed E-state index contributed by atoms with van der Waals surface area (Å²) >= 11 is 0. The first-order valence-electron chi connectivity index (χ1n) is 5.29. The maximum atomic E-state index is 11.9. The number of likely N-dealkylation sites (N-methyl/N-ethyl adjacent to an activating group) is 1. The van der Waals surface area contributed by atoms with Crippen molar-refractivity contribution in [2.75, 3.05) is 26.7 Å². The molecule has 0 aromatic rings. The largest absolute Gasteiger partial charge is 0.320 e. The molecule has 1 N–H and O–H groups in total. The Labute approximate surface area is 86.2 Å². The summed E-state index contributed by atoms with van der Waals surface area (Å²) in [4.78, 5) is 15.8. The topological polar surface area (TPSA) is 35.6 Å². The molecular weight excluding hydrogens is 178 g/mol. The van der Waals surface area contributed by atoms with Crippen molar-refractivity contribution >= 4 is 6.03 Å². The molecule has 1 atom stereocenters. The van der Waals surface area contributed by atoms with Gasteiger partial charge >= 0.3 is 6.03 Å². The number of carbonyl (C=O) groups excluding carboxylic acids is 1. The molecule has 0 bridgehead atoms. The Morgan fingerprint density at radius 2 is 1.86 bits per heavy atom. The van der Waals surface area contributed by atoms with Gasteiger partial charge in [0.05, 0.1) is 0 Å². The number of hydrogen-bond acceptors (Lipinski definition) is 2. The summed E-state index contributed by atoms with van der Waals surface area (Å²) < 4.78 is 0. The molecule has 0 aliphatic carbocycles. The van der Waals surface area contributed by atoms with E-state index in [-0.39, 0.29) is 12.1 Å². The SMILES string of the molecule is CNCC(C)N1CCN(C(C)C)C1=O. The van der Waals surface area contributed by atoms with Gasteiger partial charge in [-0.05, 0) is 27.8 Å². The number of hydrogen-bond donors (Lipinski definition) is 1. The number of amides is 2. The Bertz CT molecular complexity index is 206. The average molecular weight is 199 g/mol. The molecular formula is C10H21N3O. The van der Waals surface area contributed by atoms with Gasteiger partial charge in [-0.25, -0.2) is 4.79 Å². The Morgan fingerprint density at radius 3 is 2.29 bits per heavy atom. The molecule has 1 fully saturated rings. The van der Waals surface area contributed by atoms with Crippen LogP contribution in [0.25, 0.3) is 0 Å². The first-order chi connectivity index (χ1) is 6.57. The summed E-state index contributed by atoms with van der Waals surface area (Å²) in [6, 6.07) is 0.785. The van der Waals surface area contributed by atoms with E-state index in [0.29, 0.717) is 6.04 Å².